The van der Waals surface area contributed by atoms with E-state index < -0.39 is 0 Å². The normalized spacial score (nSPS) is 13.6. The average molecular weight is 146 g/mol. The molecule has 1 nitrogen and oxygen atoms in total. The second-order valence-electron chi connectivity index (χ2n) is 3.04. The monoisotopic (exact) mass is 146 g/mol. The van der Waals surface area contributed by atoms with E-state index in [1.807, 2.05) is 0 Å². The number of fused-ring (bicyclic) bond motifs is 1. The first-order valence-corrected chi connectivity index (χ1v) is 3.94. The Morgan fingerprint density at radius 2 is 2.18 bits per heavy atom. The summed E-state index contributed by atoms with van der Waals surface area (Å²) in [4.78, 5) is 0. The number of rotatable bonds is 0. The van der Waals surface area contributed by atoms with Gasteiger partial charge in [0.2, 0.25) is 0 Å². The number of pyridine rings is 1. The van der Waals surface area contributed by atoms with Crippen molar-refractivity contribution in [3.8, 4) is 0 Å². The molecule has 56 valence electrons. The van der Waals surface area contributed by atoms with Crippen LogP contribution in [0.1, 0.15) is 17.0 Å². The van der Waals surface area contributed by atoms with Crippen LogP contribution in [0.4, 0.5) is 0 Å². The fourth-order valence-corrected chi connectivity index (χ4v) is 1.53. The lowest BCUT2D eigenvalue weighted by Crippen LogP contribution is -2.36. The number of hydrogen-bond donors (Lipinski definition) is 0. The number of aryl methyl sites for hydroxylation is 1. The number of aromatic nitrogens is 1. The lowest BCUT2D eigenvalue weighted by atomic mass is 10.2. The fraction of sp³-hybridized carbons (Fsp3) is 0.300. The van der Waals surface area contributed by atoms with Gasteiger partial charge in [0.25, 0.3) is 0 Å². The van der Waals surface area contributed by atoms with E-state index in [1.54, 1.807) is 0 Å². The summed E-state index contributed by atoms with van der Waals surface area (Å²) in [6, 6.07) is 4.35. The molecule has 1 aliphatic rings. The second kappa shape index (κ2) is 2.19. The number of nitrogens with zero attached hydrogens (tertiary/aromatic N) is 1. The van der Waals surface area contributed by atoms with Crippen LogP contribution >= 0.6 is 0 Å². The van der Waals surface area contributed by atoms with Gasteiger partial charge in [-0.3, -0.25) is 0 Å². The highest BCUT2D eigenvalue weighted by atomic mass is 14.9. The van der Waals surface area contributed by atoms with Crippen LogP contribution in [0.15, 0.2) is 18.2 Å². The molecule has 11 heavy (non-hydrogen) atoms. The van der Waals surface area contributed by atoms with Gasteiger partial charge in [0.1, 0.15) is 7.05 Å². The fourth-order valence-electron chi connectivity index (χ4n) is 1.53. The van der Waals surface area contributed by atoms with Gasteiger partial charge in [0, 0.05) is 18.6 Å². The van der Waals surface area contributed by atoms with Crippen molar-refractivity contribution in [3.63, 3.8) is 0 Å². The van der Waals surface area contributed by atoms with Crippen LogP contribution in [0.2, 0.25) is 0 Å². The number of allylic oxidation sites excluding steroid dienone is 1. The van der Waals surface area contributed by atoms with Crippen LogP contribution in [0.3, 0.4) is 0 Å². The molecule has 1 aromatic rings. The topological polar surface area (TPSA) is 3.88 Å². The van der Waals surface area contributed by atoms with Gasteiger partial charge in [0.15, 0.2) is 11.4 Å². The van der Waals surface area contributed by atoms with Crippen LogP contribution in [-0.2, 0) is 13.5 Å². The van der Waals surface area contributed by atoms with Gasteiger partial charge in [-0.2, -0.15) is 0 Å². The molecule has 0 amide bonds. The third-order valence-electron chi connectivity index (χ3n) is 2.38. The summed E-state index contributed by atoms with van der Waals surface area (Å²) in [5.41, 5.74) is 4.13. The first-order chi connectivity index (χ1) is 5.29. The van der Waals surface area contributed by atoms with Crippen molar-refractivity contribution in [2.24, 2.45) is 7.05 Å². The summed E-state index contributed by atoms with van der Waals surface area (Å²) in [7, 11) is 2.13. The Balaban J connectivity index is 2.67. The highest BCUT2D eigenvalue weighted by Gasteiger charge is 2.15. The molecule has 1 heteroatoms. The summed E-state index contributed by atoms with van der Waals surface area (Å²) in [6.07, 6.45) is 5.49. The highest BCUT2D eigenvalue weighted by molar-refractivity contribution is 5.56. The van der Waals surface area contributed by atoms with Crippen molar-refractivity contribution < 1.29 is 4.57 Å². The van der Waals surface area contributed by atoms with Gasteiger partial charge >= 0.3 is 0 Å². The summed E-state index contributed by atoms with van der Waals surface area (Å²) in [5, 5.41) is 0. The van der Waals surface area contributed by atoms with Crippen LogP contribution in [0, 0.1) is 6.92 Å². The van der Waals surface area contributed by atoms with Gasteiger partial charge in [-0.05, 0) is 6.07 Å². The van der Waals surface area contributed by atoms with Crippen molar-refractivity contribution in [1.82, 2.24) is 0 Å². The van der Waals surface area contributed by atoms with Gasteiger partial charge in [-0.15, -0.1) is 0 Å². The Bertz CT molecular complexity index is 324. The molecule has 2 rings (SSSR count). The maximum Gasteiger partial charge on any atom is 0.192 e. The predicted octanol–water partition coefficient (Wildman–Crippen LogP) is 1.39. The average Bonchev–Trinajstić information content (AvgIpc) is 2.45. The van der Waals surface area contributed by atoms with E-state index in [-0.39, 0.29) is 0 Å². The summed E-state index contributed by atoms with van der Waals surface area (Å²) in [6.45, 7) is 2.14. The third kappa shape index (κ3) is 0.881. The predicted molar refractivity (Wildman–Crippen MR) is 45.1 cm³/mol. The first kappa shape index (κ1) is 6.59. The maximum absolute atomic E-state index is 2.26. The van der Waals surface area contributed by atoms with Crippen molar-refractivity contribution in [1.29, 1.82) is 0 Å². The Hall–Kier alpha value is -1.11. The molecule has 1 aromatic heterocycles. The molecule has 0 N–H and O–H groups in total. The van der Waals surface area contributed by atoms with Gasteiger partial charge < -0.3 is 0 Å². The molecule has 0 spiro atoms. The van der Waals surface area contributed by atoms with Crippen LogP contribution in [-0.4, -0.2) is 0 Å². The Kier molecular flexibility index (Phi) is 1.31. The smallest absolute Gasteiger partial charge is 0.192 e. The minimum absolute atomic E-state index is 1.09. The van der Waals surface area contributed by atoms with Crippen molar-refractivity contribution in [3.05, 3.63) is 35.2 Å². The quantitative estimate of drug-likeness (QED) is 0.487. The lowest BCUT2D eigenvalue weighted by Gasteiger charge is -1.99. The van der Waals surface area contributed by atoms with Crippen LogP contribution in [0.25, 0.3) is 6.08 Å². The SMILES string of the molecule is Cc1ccc2c([n+]1C)CC=C2. The Morgan fingerprint density at radius 1 is 1.36 bits per heavy atom. The molecule has 0 aliphatic heterocycles. The standard InChI is InChI=1S/C10H12N/c1-8-6-7-9-4-3-5-10(9)11(8)2/h3-4,6-7H,5H2,1-2H3/q+1. The number of hydrogen-bond acceptors (Lipinski definition) is 0. The van der Waals surface area contributed by atoms with Crippen molar-refractivity contribution >= 4 is 6.08 Å². The largest absolute Gasteiger partial charge is 0.202 e. The van der Waals surface area contributed by atoms with Gasteiger partial charge in [-0.25, -0.2) is 4.57 Å². The zero-order chi connectivity index (χ0) is 7.84. The minimum Gasteiger partial charge on any atom is -0.202 e. The summed E-state index contributed by atoms with van der Waals surface area (Å²) < 4.78 is 2.26. The molecule has 0 radical (unpaired) electrons. The molecular weight excluding hydrogens is 134 g/mol. The minimum atomic E-state index is 1.09. The van der Waals surface area contributed by atoms with E-state index in [0.717, 1.165) is 6.42 Å². The van der Waals surface area contributed by atoms with Crippen molar-refractivity contribution in [2.75, 3.05) is 0 Å². The first-order valence-electron chi connectivity index (χ1n) is 3.94. The molecule has 0 saturated carbocycles. The Labute approximate surface area is 67.0 Å². The molecule has 0 bridgehead atoms. The zero-order valence-corrected chi connectivity index (χ0v) is 6.96. The van der Waals surface area contributed by atoms with E-state index in [0.29, 0.717) is 0 Å². The third-order valence-corrected chi connectivity index (χ3v) is 2.38. The van der Waals surface area contributed by atoms with Gasteiger partial charge in [-0.1, -0.05) is 12.2 Å². The van der Waals surface area contributed by atoms with Crippen LogP contribution < -0.4 is 4.57 Å². The Morgan fingerprint density at radius 3 is 3.00 bits per heavy atom. The molecule has 1 aliphatic carbocycles. The highest BCUT2D eigenvalue weighted by Crippen LogP contribution is 2.15. The zero-order valence-electron chi connectivity index (χ0n) is 6.96. The molecule has 0 unspecified atom stereocenters. The maximum atomic E-state index is 2.26. The summed E-state index contributed by atoms with van der Waals surface area (Å²) >= 11 is 0. The molecule has 0 atom stereocenters. The molecule has 0 fully saturated rings. The summed E-state index contributed by atoms with van der Waals surface area (Å²) in [5.74, 6) is 0. The molecule has 0 saturated heterocycles. The molecule has 1 heterocycles. The van der Waals surface area contributed by atoms with E-state index in [2.05, 4.69) is 42.8 Å². The van der Waals surface area contributed by atoms with Crippen LogP contribution in [0.5, 0.6) is 0 Å². The second-order valence-corrected chi connectivity index (χ2v) is 3.04. The van der Waals surface area contributed by atoms with E-state index in [9.17, 15) is 0 Å². The van der Waals surface area contributed by atoms with Crippen molar-refractivity contribution in [2.45, 2.75) is 13.3 Å². The van der Waals surface area contributed by atoms with E-state index >= 15 is 0 Å². The van der Waals surface area contributed by atoms with E-state index in [4.69, 9.17) is 0 Å². The lowest BCUT2D eigenvalue weighted by molar-refractivity contribution is -0.684. The van der Waals surface area contributed by atoms with Gasteiger partial charge in [0.05, 0.1) is 6.42 Å². The van der Waals surface area contributed by atoms with E-state index in [1.165, 1.54) is 17.0 Å². The molecular formula is C10H12N+. The molecule has 0 aromatic carbocycles.